The van der Waals surface area contributed by atoms with Crippen LogP contribution in [0.4, 0.5) is 0 Å². The van der Waals surface area contributed by atoms with E-state index in [1.54, 1.807) is 0 Å². The lowest BCUT2D eigenvalue weighted by Gasteiger charge is -2.27. The van der Waals surface area contributed by atoms with Crippen molar-refractivity contribution >= 4 is 5.71 Å². The zero-order valence-electron chi connectivity index (χ0n) is 10.3. The highest BCUT2D eigenvalue weighted by atomic mass is 16.6. The van der Waals surface area contributed by atoms with Gasteiger partial charge in [-0.15, -0.1) is 0 Å². The second-order valence-electron chi connectivity index (χ2n) is 4.48. The van der Waals surface area contributed by atoms with E-state index in [1.165, 1.54) is 25.7 Å². The van der Waals surface area contributed by atoms with Gasteiger partial charge in [0.25, 0.3) is 0 Å². The Labute approximate surface area is 93.3 Å². The molecule has 0 aliphatic heterocycles. The van der Waals surface area contributed by atoms with Gasteiger partial charge < -0.3 is 10.2 Å². The van der Waals surface area contributed by atoms with E-state index in [0.717, 1.165) is 24.8 Å². The minimum absolute atomic E-state index is 0.711. The molecule has 0 amide bonds. The second-order valence-corrected chi connectivity index (χ2v) is 4.48. The average molecular weight is 212 g/mol. The molecule has 1 saturated carbocycles. The quantitative estimate of drug-likeness (QED) is 0.561. The zero-order chi connectivity index (χ0) is 11.1. The number of oxime groups is 1. The maximum atomic E-state index is 5.36. The fraction of sp³-hybridized carbons (Fsp3) is 0.917. The van der Waals surface area contributed by atoms with Crippen LogP contribution in [-0.4, -0.2) is 25.4 Å². The van der Waals surface area contributed by atoms with Gasteiger partial charge in [0.15, 0.2) is 0 Å². The first-order chi connectivity index (χ1) is 7.26. The van der Waals surface area contributed by atoms with E-state index in [4.69, 9.17) is 4.84 Å². The summed E-state index contributed by atoms with van der Waals surface area (Å²) in [5, 5.41) is 7.42. The van der Waals surface area contributed by atoms with Crippen LogP contribution in [0.15, 0.2) is 5.16 Å². The summed E-state index contributed by atoms with van der Waals surface area (Å²) in [7, 11) is 2.05. The standard InChI is InChI=1S/C12H24N2O/c1-4-10(2)14-15-9-11-5-7-12(13-3)8-6-11/h11-13H,4-9H2,1-3H3. The number of hydrogen-bond donors (Lipinski definition) is 1. The molecule has 1 aliphatic carbocycles. The molecule has 0 unspecified atom stereocenters. The van der Waals surface area contributed by atoms with Crippen LogP contribution in [-0.2, 0) is 4.84 Å². The third kappa shape index (κ3) is 4.65. The van der Waals surface area contributed by atoms with Crippen LogP contribution >= 0.6 is 0 Å². The highest BCUT2D eigenvalue weighted by Crippen LogP contribution is 2.24. The number of nitrogens with zero attached hydrogens (tertiary/aromatic N) is 1. The largest absolute Gasteiger partial charge is 0.396 e. The fourth-order valence-corrected chi connectivity index (χ4v) is 1.94. The predicted molar refractivity (Wildman–Crippen MR) is 64.2 cm³/mol. The van der Waals surface area contributed by atoms with Gasteiger partial charge in [-0.1, -0.05) is 12.1 Å². The van der Waals surface area contributed by atoms with Crippen molar-refractivity contribution in [1.82, 2.24) is 5.32 Å². The Morgan fingerprint density at radius 2 is 2.00 bits per heavy atom. The summed E-state index contributed by atoms with van der Waals surface area (Å²) in [5.74, 6) is 0.711. The highest BCUT2D eigenvalue weighted by molar-refractivity contribution is 5.80. The zero-order valence-corrected chi connectivity index (χ0v) is 10.3. The van der Waals surface area contributed by atoms with Crippen LogP contribution in [0.5, 0.6) is 0 Å². The van der Waals surface area contributed by atoms with Crippen LogP contribution in [0.1, 0.15) is 46.0 Å². The maximum Gasteiger partial charge on any atom is 0.120 e. The summed E-state index contributed by atoms with van der Waals surface area (Å²) in [6.07, 6.45) is 6.08. The Morgan fingerprint density at radius 1 is 1.33 bits per heavy atom. The molecule has 1 fully saturated rings. The van der Waals surface area contributed by atoms with Gasteiger partial charge in [-0.2, -0.15) is 0 Å². The predicted octanol–water partition coefficient (Wildman–Crippen LogP) is 2.57. The molecule has 15 heavy (non-hydrogen) atoms. The topological polar surface area (TPSA) is 33.6 Å². The van der Waals surface area contributed by atoms with Gasteiger partial charge in [-0.3, -0.25) is 0 Å². The van der Waals surface area contributed by atoms with Crippen LogP contribution in [0, 0.1) is 5.92 Å². The van der Waals surface area contributed by atoms with E-state index in [2.05, 4.69) is 24.4 Å². The Morgan fingerprint density at radius 3 is 2.53 bits per heavy atom. The minimum Gasteiger partial charge on any atom is -0.396 e. The second kappa shape index (κ2) is 6.83. The van der Waals surface area contributed by atoms with Gasteiger partial charge in [0.1, 0.15) is 6.61 Å². The molecule has 1 N–H and O–H groups in total. The molecule has 1 aliphatic rings. The molecule has 0 bridgehead atoms. The maximum absolute atomic E-state index is 5.36. The molecule has 0 atom stereocenters. The molecule has 0 spiro atoms. The van der Waals surface area contributed by atoms with Crippen molar-refractivity contribution in [3.8, 4) is 0 Å². The van der Waals surface area contributed by atoms with Crippen LogP contribution in [0.2, 0.25) is 0 Å². The average Bonchev–Trinajstić information content (AvgIpc) is 2.29. The van der Waals surface area contributed by atoms with E-state index >= 15 is 0 Å². The molecule has 1 rings (SSSR count). The third-order valence-corrected chi connectivity index (χ3v) is 3.30. The molecule has 0 aromatic heterocycles. The highest BCUT2D eigenvalue weighted by Gasteiger charge is 2.20. The van der Waals surface area contributed by atoms with Gasteiger partial charge in [-0.25, -0.2) is 0 Å². The van der Waals surface area contributed by atoms with E-state index in [-0.39, 0.29) is 0 Å². The van der Waals surface area contributed by atoms with Gasteiger partial charge >= 0.3 is 0 Å². The van der Waals surface area contributed by atoms with E-state index in [0.29, 0.717) is 5.92 Å². The van der Waals surface area contributed by atoms with E-state index in [9.17, 15) is 0 Å². The third-order valence-electron chi connectivity index (χ3n) is 3.30. The number of rotatable bonds is 5. The smallest absolute Gasteiger partial charge is 0.120 e. The first-order valence-electron chi connectivity index (χ1n) is 6.09. The lowest BCUT2D eigenvalue weighted by molar-refractivity contribution is 0.0868. The van der Waals surface area contributed by atoms with Gasteiger partial charge in [0.2, 0.25) is 0 Å². The molecule has 0 aromatic rings. The number of nitrogens with one attached hydrogen (secondary N) is 1. The lowest BCUT2D eigenvalue weighted by Crippen LogP contribution is -2.31. The first-order valence-corrected chi connectivity index (χ1v) is 6.09. The molecule has 0 aromatic carbocycles. The summed E-state index contributed by atoms with van der Waals surface area (Å²) >= 11 is 0. The Kier molecular flexibility index (Phi) is 5.69. The summed E-state index contributed by atoms with van der Waals surface area (Å²) in [4.78, 5) is 5.36. The Hall–Kier alpha value is -0.570. The van der Waals surface area contributed by atoms with Crippen molar-refractivity contribution in [2.75, 3.05) is 13.7 Å². The fourth-order valence-electron chi connectivity index (χ4n) is 1.94. The van der Waals surface area contributed by atoms with Crippen molar-refractivity contribution in [3.05, 3.63) is 0 Å². The van der Waals surface area contributed by atoms with Crippen molar-refractivity contribution in [3.63, 3.8) is 0 Å². The molecule has 3 nitrogen and oxygen atoms in total. The molecule has 0 radical (unpaired) electrons. The molecule has 88 valence electrons. The van der Waals surface area contributed by atoms with Crippen molar-refractivity contribution in [2.24, 2.45) is 11.1 Å². The first kappa shape index (κ1) is 12.5. The summed E-state index contributed by atoms with van der Waals surface area (Å²) in [6.45, 7) is 4.91. The van der Waals surface area contributed by atoms with Crippen molar-refractivity contribution in [2.45, 2.75) is 52.0 Å². The SMILES string of the molecule is CCC(C)=NOCC1CCC(NC)CC1. The van der Waals surface area contributed by atoms with Gasteiger partial charge in [-0.05, 0) is 52.0 Å². The summed E-state index contributed by atoms with van der Waals surface area (Å²) in [5.41, 5.74) is 1.08. The van der Waals surface area contributed by atoms with Crippen molar-refractivity contribution < 1.29 is 4.84 Å². The molecular formula is C12H24N2O. The monoisotopic (exact) mass is 212 g/mol. The van der Waals surface area contributed by atoms with E-state index in [1.807, 2.05) is 6.92 Å². The van der Waals surface area contributed by atoms with Crippen molar-refractivity contribution in [1.29, 1.82) is 0 Å². The molecule has 0 saturated heterocycles. The van der Waals surface area contributed by atoms with Gasteiger partial charge in [0, 0.05) is 6.04 Å². The number of hydrogen-bond acceptors (Lipinski definition) is 3. The minimum atomic E-state index is 0.711. The lowest BCUT2D eigenvalue weighted by atomic mass is 9.87. The Bertz CT molecular complexity index is 196. The van der Waals surface area contributed by atoms with Gasteiger partial charge in [0.05, 0.1) is 5.71 Å². The van der Waals surface area contributed by atoms with Crippen LogP contribution < -0.4 is 5.32 Å². The molecule has 0 heterocycles. The molecular weight excluding hydrogens is 188 g/mol. The van der Waals surface area contributed by atoms with E-state index < -0.39 is 0 Å². The molecule has 3 heteroatoms. The summed E-state index contributed by atoms with van der Waals surface area (Å²) < 4.78 is 0. The Balaban J connectivity index is 2.13. The normalized spacial score (nSPS) is 27.8. The van der Waals surface area contributed by atoms with Crippen LogP contribution in [0.3, 0.4) is 0 Å². The van der Waals surface area contributed by atoms with Crippen LogP contribution in [0.25, 0.3) is 0 Å². The summed E-state index contributed by atoms with van der Waals surface area (Å²) in [6, 6.07) is 0.724.